The van der Waals surface area contributed by atoms with Gasteiger partial charge in [0.1, 0.15) is 0 Å². The number of rotatable bonds is 5. The molecule has 2 atom stereocenters. The van der Waals surface area contributed by atoms with E-state index < -0.39 is 10.8 Å². The highest BCUT2D eigenvalue weighted by Gasteiger charge is 2.24. The first-order valence-electron chi connectivity index (χ1n) is 7.86. The van der Waals surface area contributed by atoms with Gasteiger partial charge in [-0.05, 0) is 39.5 Å². The lowest BCUT2D eigenvalue weighted by Gasteiger charge is -2.34. The molecule has 1 saturated heterocycles. The first-order chi connectivity index (χ1) is 10.2. The van der Waals surface area contributed by atoms with Gasteiger partial charge in [0.05, 0.1) is 0 Å². The molecule has 0 saturated carbocycles. The molecule has 3 N–H and O–H groups in total. The van der Waals surface area contributed by atoms with Gasteiger partial charge in [-0.1, -0.05) is 0 Å². The molecule has 0 bridgehead atoms. The van der Waals surface area contributed by atoms with E-state index in [1.54, 1.807) is 7.05 Å². The molecule has 0 aliphatic carbocycles. The van der Waals surface area contributed by atoms with Crippen molar-refractivity contribution in [3.8, 4) is 0 Å². The van der Waals surface area contributed by atoms with E-state index in [4.69, 9.17) is 5.73 Å². The van der Waals surface area contributed by atoms with Crippen molar-refractivity contribution in [3.05, 3.63) is 0 Å². The number of hydrogen-bond donors (Lipinski definition) is 2. The summed E-state index contributed by atoms with van der Waals surface area (Å²) >= 11 is 0. The summed E-state index contributed by atoms with van der Waals surface area (Å²) in [5.74, 6) is 1.48. The van der Waals surface area contributed by atoms with Gasteiger partial charge in [-0.2, -0.15) is 0 Å². The number of primary amides is 1. The normalized spacial score (nSPS) is 20.6. The van der Waals surface area contributed by atoms with Crippen molar-refractivity contribution >= 4 is 46.6 Å². The van der Waals surface area contributed by atoms with Crippen LogP contribution in [0.3, 0.4) is 0 Å². The van der Waals surface area contributed by atoms with Crippen molar-refractivity contribution in [2.75, 3.05) is 32.4 Å². The average molecular weight is 458 g/mol. The van der Waals surface area contributed by atoms with E-state index in [0.29, 0.717) is 24.6 Å². The molecular formula is C15H31IN4O2S. The molecule has 136 valence electrons. The molecule has 0 spiro atoms. The van der Waals surface area contributed by atoms with Gasteiger partial charge in [-0.3, -0.25) is 14.0 Å². The standard InChI is InChI=1S/C15H30N4O2S.HI/c1-15(2,3)22(21)9-7-18-14(17-4)19-8-5-6-12(11-19)10-13(16)20;/h12H,5-11H2,1-4H3,(H2,16,20)(H,17,18);1H. The van der Waals surface area contributed by atoms with E-state index in [2.05, 4.69) is 15.2 Å². The highest BCUT2D eigenvalue weighted by molar-refractivity contribution is 14.0. The van der Waals surface area contributed by atoms with Crippen LogP contribution in [0.15, 0.2) is 4.99 Å². The monoisotopic (exact) mass is 458 g/mol. The number of guanidine groups is 1. The summed E-state index contributed by atoms with van der Waals surface area (Å²) in [5.41, 5.74) is 5.29. The Hall–Kier alpha value is -0.380. The van der Waals surface area contributed by atoms with Gasteiger partial charge in [0.2, 0.25) is 5.91 Å². The highest BCUT2D eigenvalue weighted by atomic mass is 127. The van der Waals surface area contributed by atoms with E-state index in [1.165, 1.54) is 0 Å². The smallest absolute Gasteiger partial charge is 0.217 e. The van der Waals surface area contributed by atoms with Crippen LogP contribution >= 0.6 is 24.0 Å². The van der Waals surface area contributed by atoms with Gasteiger partial charge in [0.25, 0.3) is 0 Å². The molecule has 1 aliphatic heterocycles. The molecule has 23 heavy (non-hydrogen) atoms. The van der Waals surface area contributed by atoms with Gasteiger partial charge < -0.3 is 16.0 Å². The van der Waals surface area contributed by atoms with Crippen LogP contribution in [-0.4, -0.2) is 58.2 Å². The molecule has 8 heteroatoms. The van der Waals surface area contributed by atoms with Gasteiger partial charge in [-0.15, -0.1) is 24.0 Å². The number of halogens is 1. The summed E-state index contributed by atoms with van der Waals surface area (Å²) in [5, 5.41) is 3.28. The van der Waals surface area contributed by atoms with Crippen LogP contribution in [0.2, 0.25) is 0 Å². The number of carbonyl (C=O) groups excluding carboxylic acids is 1. The van der Waals surface area contributed by atoms with Gasteiger partial charge >= 0.3 is 0 Å². The van der Waals surface area contributed by atoms with Crippen molar-refractivity contribution in [1.82, 2.24) is 10.2 Å². The minimum Gasteiger partial charge on any atom is -0.370 e. The number of nitrogens with two attached hydrogens (primary N) is 1. The van der Waals surface area contributed by atoms with Gasteiger partial charge in [-0.25, -0.2) is 0 Å². The molecule has 1 heterocycles. The minimum absolute atomic E-state index is 0. The number of hydrogen-bond acceptors (Lipinski definition) is 3. The quantitative estimate of drug-likeness (QED) is 0.370. The SMILES string of the molecule is CN=C(NCCS(=O)C(C)(C)C)N1CCCC(CC(N)=O)C1.I. The van der Waals surface area contributed by atoms with Gasteiger partial charge in [0, 0.05) is 54.4 Å². The van der Waals surface area contributed by atoms with E-state index in [1.807, 2.05) is 20.8 Å². The molecule has 0 aromatic rings. The molecule has 6 nitrogen and oxygen atoms in total. The third kappa shape index (κ3) is 8.32. The fourth-order valence-corrected chi connectivity index (χ4v) is 3.50. The van der Waals surface area contributed by atoms with Gasteiger partial charge in [0.15, 0.2) is 5.96 Å². The number of amides is 1. The molecule has 1 rings (SSSR count). The first kappa shape index (κ1) is 22.6. The first-order valence-corrected chi connectivity index (χ1v) is 9.18. The molecule has 1 amide bonds. The fraction of sp³-hybridized carbons (Fsp3) is 0.867. The Kier molecular flexibility index (Phi) is 10.3. The third-order valence-electron chi connectivity index (χ3n) is 3.77. The average Bonchev–Trinajstić information content (AvgIpc) is 2.42. The topological polar surface area (TPSA) is 87.8 Å². The third-order valence-corrected chi connectivity index (χ3v) is 5.71. The predicted molar refractivity (Wildman–Crippen MR) is 108 cm³/mol. The van der Waals surface area contributed by atoms with Crippen LogP contribution in [0.25, 0.3) is 0 Å². The summed E-state index contributed by atoms with van der Waals surface area (Å²) in [6.07, 6.45) is 2.50. The lowest BCUT2D eigenvalue weighted by Crippen LogP contribution is -2.48. The van der Waals surface area contributed by atoms with Crippen molar-refractivity contribution in [1.29, 1.82) is 0 Å². The zero-order valence-corrected chi connectivity index (χ0v) is 17.8. The summed E-state index contributed by atoms with van der Waals surface area (Å²) < 4.78 is 11.9. The predicted octanol–water partition coefficient (Wildman–Crippen LogP) is 1.31. The number of piperidine rings is 1. The molecule has 0 radical (unpaired) electrons. The molecule has 1 aliphatic rings. The molecule has 0 aromatic heterocycles. The maximum Gasteiger partial charge on any atom is 0.217 e. The fourth-order valence-electron chi connectivity index (χ4n) is 2.60. The Labute approximate surface area is 159 Å². The Morgan fingerprint density at radius 2 is 2.09 bits per heavy atom. The Bertz CT molecular complexity index is 438. The number of nitrogens with one attached hydrogen (secondary N) is 1. The second kappa shape index (κ2) is 10.5. The Morgan fingerprint density at radius 3 is 2.61 bits per heavy atom. The van der Waals surface area contributed by atoms with Crippen molar-refractivity contribution in [3.63, 3.8) is 0 Å². The lowest BCUT2D eigenvalue weighted by molar-refractivity contribution is -0.119. The van der Waals surface area contributed by atoms with Crippen molar-refractivity contribution < 1.29 is 9.00 Å². The van der Waals surface area contributed by atoms with Crippen molar-refractivity contribution in [2.45, 2.75) is 44.8 Å². The van der Waals surface area contributed by atoms with E-state index in [-0.39, 0.29) is 34.6 Å². The number of likely N-dealkylation sites (tertiary alicyclic amines) is 1. The van der Waals surface area contributed by atoms with E-state index >= 15 is 0 Å². The van der Waals surface area contributed by atoms with E-state index in [9.17, 15) is 9.00 Å². The van der Waals surface area contributed by atoms with Crippen LogP contribution in [0, 0.1) is 5.92 Å². The highest BCUT2D eigenvalue weighted by Crippen LogP contribution is 2.19. The summed E-state index contributed by atoms with van der Waals surface area (Å²) in [6, 6.07) is 0. The number of aliphatic imine (C=N–C) groups is 1. The molecule has 1 fully saturated rings. The largest absolute Gasteiger partial charge is 0.370 e. The number of nitrogens with zero attached hydrogens (tertiary/aromatic N) is 2. The Balaban J connectivity index is 0.00000484. The molecule has 2 unspecified atom stereocenters. The second-order valence-corrected chi connectivity index (χ2v) is 9.08. The summed E-state index contributed by atoms with van der Waals surface area (Å²) in [4.78, 5) is 17.5. The van der Waals surface area contributed by atoms with Crippen molar-refractivity contribution in [2.24, 2.45) is 16.6 Å². The van der Waals surface area contributed by atoms with Crippen LogP contribution in [0.5, 0.6) is 0 Å². The zero-order valence-electron chi connectivity index (χ0n) is 14.6. The van der Waals surface area contributed by atoms with Crippen LogP contribution in [-0.2, 0) is 15.6 Å². The van der Waals surface area contributed by atoms with E-state index in [0.717, 1.165) is 31.9 Å². The lowest BCUT2D eigenvalue weighted by atomic mass is 9.95. The summed E-state index contributed by atoms with van der Waals surface area (Å²) in [6.45, 7) is 8.31. The van der Waals surface area contributed by atoms with Crippen LogP contribution < -0.4 is 11.1 Å². The minimum atomic E-state index is -0.873. The second-order valence-electron chi connectivity index (χ2n) is 6.76. The van der Waals surface area contributed by atoms with Crippen LogP contribution in [0.1, 0.15) is 40.0 Å². The maximum atomic E-state index is 12.1. The molecular weight excluding hydrogens is 427 g/mol. The maximum absolute atomic E-state index is 12.1. The zero-order chi connectivity index (χ0) is 16.8. The molecule has 0 aromatic carbocycles. The Morgan fingerprint density at radius 1 is 1.43 bits per heavy atom. The number of carbonyl (C=O) groups is 1. The van der Waals surface area contributed by atoms with Crippen LogP contribution in [0.4, 0.5) is 0 Å². The summed E-state index contributed by atoms with van der Waals surface area (Å²) in [7, 11) is 0.878.